The molecular formula is C18H19NO4. The molecule has 2 heterocycles. The van der Waals surface area contributed by atoms with Gasteiger partial charge in [-0.15, -0.1) is 0 Å². The Hall–Kier alpha value is -2.56. The molecule has 120 valence electrons. The van der Waals surface area contributed by atoms with Gasteiger partial charge in [-0.1, -0.05) is 12.1 Å². The van der Waals surface area contributed by atoms with Crippen LogP contribution in [-0.4, -0.2) is 36.8 Å². The first-order chi connectivity index (χ1) is 11.2. The van der Waals surface area contributed by atoms with E-state index < -0.39 is 0 Å². The molecule has 5 nitrogen and oxygen atoms in total. The summed E-state index contributed by atoms with van der Waals surface area (Å²) >= 11 is 0. The van der Waals surface area contributed by atoms with Gasteiger partial charge in [-0.3, -0.25) is 9.59 Å². The van der Waals surface area contributed by atoms with E-state index in [-0.39, 0.29) is 17.6 Å². The van der Waals surface area contributed by atoms with Crippen LogP contribution >= 0.6 is 0 Å². The SMILES string of the molecule is COc1cccc(C(=O)C2CCN(C(=O)c3ccco3)CC2)c1. The van der Waals surface area contributed by atoms with Crippen LogP contribution in [0, 0.1) is 5.92 Å². The predicted molar refractivity (Wildman–Crippen MR) is 84.7 cm³/mol. The molecule has 1 saturated heterocycles. The number of ketones is 1. The fourth-order valence-electron chi connectivity index (χ4n) is 2.91. The van der Waals surface area contributed by atoms with Crippen molar-refractivity contribution >= 4 is 11.7 Å². The van der Waals surface area contributed by atoms with Crippen molar-refractivity contribution in [1.82, 2.24) is 4.90 Å². The standard InChI is InChI=1S/C18H19NO4/c1-22-15-5-2-4-14(12-15)17(20)13-7-9-19(10-8-13)18(21)16-6-3-11-23-16/h2-6,11-13H,7-10H2,1H3. The first-order valence-electron chi connectivity index (χ1n) is 7.70. The molecule has 1 fully saturated rings. The number of benzene rings is 1. The number of carbonyl (C=O) groups is 2. The number of methoxy groups -OCH3 is 1. The van der Waals surface area contributed by atoms with Gasteiger partial charge < -0.3 is 14.1 Å². The maximum Gasteiger partial charge on any atom is 0.289 e. The average Bonchev–Trinajstić information content (AvgIpc) is 3.15. The molecule has 1 aliphatic heterocycles. The van der Waals surface area contributed by atoms with Crippen LogP contribution in [-0.2, 0) is 0 Å². The summed E-state index contributed by atoms with van der Waals surface area (Å²) in [6.07, 6.45) is 2.83. The van der Waals surface area contributed by atoms with E-state index in [1.165, 1.54) is 6.26 Å². The molecule has 0 saturated carbocycles. The highest BCUT2D eigenvalue weighted by Crippen LogP contribution is 2.24. The van der Waals surface area contributed by atoms with Crippen molar-refractivity contribution in [3.63, 3.8) is 0 Å². The topological polar surface area (TPSA) is 59.8 Å². The van der Waals surface area contributed by atoms with Gasteiger partial charge in [0.1, 0.15) is 5.75 Å². The lowest BCUT2D eigenvalue weighted by Gasteiger charge is -2.30. The Morgan fingerprint density at radius 3 is 2.61 bits per heavy atom. The van der Waals surface area contributed by atoms with Crippen LogP contribution in [0.2, 0.25) is 0 Å². The highest BCUT2D eigenvalue weighted by atomic mass is 16.5. The number of hydrogen-bond donors (Lipinski definition) is 0. The van der Waals surface area contributed by atoms with Crippen LogP contribution < -0.4 is 4.74 Å². The Morgan fingerprint density at radius 2 is 1.96 bits per heavy atom. The van der Waals surface area contributed by atoms with Gasteiger partial charge in [0.25, 0.3) is 5.91 Å². The number of ether oxygens (including phenoxy) is 1. The Balaban J connectivity index is 1.62. The molecule has 1 amide bonds. The number of amides is 1. The van der Waals surface area contributed by atoms with Crippen molar-refractivity contribution < 1.29 is 18.7 Å². The quantitative estimate of drug-likeness (QED) is 0.814. The van der Waals surface area contributed by atoms with Crippen LogP contribution in [0.15, 0.2) is 47.1 Å². The highest BCUT2D eigenvalue weighted by Gasteiger charge is 2.29. The smallest absolute Gasteiger partial charge is 0.289 e. The lowest BCUT2D eigenvalue weighted by molar-refractivity contribution is 0.0624. The van der Waals surface area contributed by atoms with Crippen molar-refractivity contribution in [1.29, 1.82) is 0 Å². The van der Waals surface area contributed by atoms with E-state index in [4.69, 9.17) is 9.15 Å². The minimum absolute atomic E-state index is 0.0530. The molecule has 1 aromatic heterocycles. The van der Waals surface area contributed by atoms with Gasteiger partial charge in [-0.05, 0) is 37.1 Å². The van der Waals surface area contributed by atoms with E-state index in [1.54, 1.807) is 30.2 Å². The number of rotatable bonds is 4. The van der Waals surface area contributed by atoms with Gasteiger partial charge in [0.2, 0.25) is 0 Å². The third-order valence-corrected chi connectivity index (χ3v) is 4.24. The van der Waals surface area contributed by atoms with E-state index in [9.17, 15) is 9.59 Å². The van der Waals surface area contributed by atoms with Crippen molar-refractivity contribution in [2.45, 2.75) is 12.8 Å². The Kier molecular flexibility index (Phi) is 4.46. The number of hydrogen-bond acceptors (Lipinski definition) is 4. The van der Waals surface area contributed by atoms with Crippen molar-refractivity contribution in [2.24, 2.45) is 5.92 Å². The zero-order chi connectivity index (χ0) is 16.2. The fraction of sp³-hybridized carbons (Fsp3) is 0.333. The zero-order valence-corrected chi connectivity index (χ0v) is 13.0. The molecule has 1 aromatic carbocycles. The second-order valence-corrected chi connectivity index (χ2v) is 5.64. The molecule has 3 rings (SSSR count). The molecule has 2 aromatic rings. The Morgan fingerprint density at radius 1 is 1.17 bits per heavy atom. The fourth-order valence-corrected chi connectivity index (χ4v) is 2.91. The molecule has 5 heteroatoms. The highest BCUT2D eigenvalue weighted by molar-refractivity contribution is 5.98. The van der Waals surface area contributed by atoms with Crippen LogP contribution in [0.5, 0.6) is 5.75 Å². The lowest BCUT2D eigenvalue weighted by Crippen LogP contribution is -2.40. The van der Waals surface area contributed by atoms with E-state index >= 15 is 0 Å². The molecule has 0 unspecified atom stereocenters. The molecule has 1 aliphatic rings. The molecule has 0 aliphatic carbocycles. The number of Topliss-reactive ketones (excluding diaryl/α,β-unsaturated/α-hetero) is 1. The minimum Gasteiger partial charge on any atom is -0.497 e. The van der Waals surface area contributed by atoms with Crippen LogP contribution in [0.1, 0.15) is 33.8 Å². The van der Waals surface area contributed by atoms with Crippen molar-refractivity contribution in [3.8, 4) is 5.75 Å². The minimum atomic E-state index is -0.109. The van der Waals surface area contributed by atoms with Crippen LogP contribution in [0.4, 0.5) is 0 Å². The molecule has 0 N–H and O–H groups in total. The zero-order valence-electron chi connectivity index (χ0n) is 13.0. The lowest BCUT2D eigenvalue weighted by atomic mass is 9.88. The summed E-state index contributed by atoms with van der Waals surface area (Å²) in [4.78, 5) is 26.6. The van der Waals surface area contributed by atoms with Crippen molar-refractivity contribution in [2.75, 3.05) is 20.2 Å². The van der Waals surface area contributed by atoms with Gasteiger partial charge >= 0.3 is 0 Å². The second-order valence-electron chi connectivity index (χ2n) is 5.64. The third-order valence-electron chi connectivity index (χ3n) is 4.24. The van der Waals surface area contributed by atoms with E-state index in [1.807, 2.05) is 18.2 Å². The number of carbonyl (C=O) groups excluding carboxylic acids is 2. The molecule has 0 atom stereocenters. The molecule has 0 radical (unpaired) electrons. The van der Waals surface area contributed by atoms with E-state index in [0.717, 1.165) is 0 Å². The van der Waals surface area contributed by atoms with Gasteiger partial charge in [-0.25, -0.2) is 0 Å². The van der Waals surface area contributed by atoms with Crippen LogP contribution in [0.25, 0.3) is 0 Å². The second kappa shape index (κ2) is 6.69. The van der Waals surface area contributed by atoms with E-state index in [0.29, 0.717) is 43.0 Å². The summed E-state index contributed by atoms with van der Waals surface area (Å²) in [5, 5.41) is 0. The Labute approximate surface area is 134 Å². The molecule has 23 heavy (non-hydrogen) atoms. The predicted octanol–water partition coefficient (Wildman–Crippen LogP) is 3.02. The third kappa shape index (κ3) is 3.28. The Bertz CT molecular complexity index is 685. The normalized spacial score (nSPS) is 15.4. The number of nitrogens with zero attached hydrogens (tertiary/aromatic N) is 1. The average molecular weight is 313 g/mol. The summed E-state index contributed by atoms with van der Waals surface area (Å²) in [5.74, 6) is 0.989. The number of piperidine rings is 1. The maximum atomic E-state index is 12.6. The van der Waals surface area contributed by atoms with Crippen LogP contribution in [0.3, 0.4) is 0 Å². The summed E-state index contributed by atoms with van der Waals surface area (Å²) in [6, 6.07) is 10.6. The van der Waals surface area contributed by atoms with Gasteiger partial charge in [-0.2, -0.15) is 0 Å². The van der Waals surface area contributed by atoms with Gasteiger partial charge in [0.05, 0.1) is 13.4 Å². The summed E-state index contributed by atoms with van der Waals surface area (Å²) < 4.78 is 10.3. The van der Waals surface area contributed by atoms with Gasteiger partial charge in [0.15, 0.2) is 11.5 Å². The van der Waals surface area contributed by atoms with E-state index in [2.05, 4.69) is 0 Å². The summed E-state index contributed by atoms with van der Waals surface area (Å²) in [7, 11) is 1.59. The molecule has 0 bridgehead atoms. The van der Waals surface area contributed by atoms with Gasteiger partial charge in [0, 0.05) is 24.6 Å². The summed E-state index contributed by atoms with van der Waals surface area (Å²) in [5.41, 5.74) is 0.667. The number of furan rings is 1. The maximum absolute atomic E-state index is 12.6. The number of likely N-dealkylation sites (tertiary alicyclic amines) is 1. The largest absolute Gasteiger partial charge is 0.497 e. The monoisotopic (exact) mass is 313 g/mol. The molecular weight excluding hydrogens is 294 g/mol. The first kappa shape index (κ1) is 15.3. The molecule has 0 spiro atoms. The first-order valence-corrected chi connectivity index (χ1v) is 7.70. The van der Waals surface area contributed by atoms with Crippen molar-refractivity contribution in [3.05, 3.63) is 54.0 Å². The summed E-state index contributed by atoms with van der Waals surface area (Å²) in [6.45, 7) is 1.14.